The van der Waals surface area contributed by atoms with Gasteiger partial charge < -0.3 is 5.32 Å². The van der Waals surface area contributed by atoms with Gasteiger partial charge in [0.25, 0.3) is 0 Å². The molecule has 3 unspecified atom stereocenters. The lowest BCUT2D eigenvalue weighted by Gasteiger charge is -2.63. The van der Waals surface area contributed by atoms with Gasteiger partial charge in [-0.3, -0.25) is 0 Å². The molecular formula is C16H33N. The Morgan fingerprint density at radius 1 is 1.00 bits per heavy atom. The van der Waals surface area contributed by atoms with E-state index in [4.69, 9.17) is 0 Å². The Labute approximate surface area is 109 Å². The van der Waals surface area contributed by atoms with Crippen LogP contribution in [0.2, 0.25) is 0 Å². The Bertz CT molecular complexity index is 258. The first-order valence-electron chi connectivity index (χ1n) is 7.52. The predicted octanol–water partition coefficient (Wildman–Crippen LogP) is 4.62. The first-order chi connectivity index (χ1) is 7.79. The Morgan fingerprint density at radius 2 is 1.59 bits per heavy atom. The van der Waals surface area contributed by atoms with Crippen molar-refractivity contribution < 1.29 is 0 Å². The normalized spacial score (nSPS) is 41.5. The van der Waals surface area contributed by atoms with Crippen LogP contribution in [-0.4, -0.2) is 12.6 Å². The zero-order valence-electron chi connectivity index (χ0n) is 13.1. The van der Waals surface area contributed by atoms with Crippen molar-refractivity contribution in [2.24, 2.45) is 16.2 Å². The molecule has 3 atom stereocenters. The van der Waals surface area contributed by atoms with Crippen LogP contribution in [0.3, 0.4) is 0 Å². The SMILES string of the molecule is CCCC1NCC(C)(C)C(C)(CC)C1(C)CC. The van der Waals surface area contributed by atoms with Crippen molar-refractivity contribution in [3.05, 3.63) is 0 Å². The Hall–Kier alpha value is -0.0400. The minimum Gasteiger partial charge on any atom is -0.313 e. The lowest BCUT2D eigenvalue weighted by molar-refractivity contribution is -0.112. The van der Waals surface area contributed by atoms with Gasteiger partial charge >= 0.3 is 0 Å². The zero-order valence-corrected chi connectivity index (χ0v) is 13.1. The molecule has 0 aromatic heterocycles. The van der Waals surface area contributed by atoms with Crippen LogP contribution in [0, 0.1) is 16.2 Å². The maximum atomic E-state index is 3.84. The van der Waals surface area contributed by atoms with E-state index in [1.165, 1.54) is 25.7 Å². The highest BCUT2D eigenvalue weighted by molar-refractivity contribution is 5.09. The maximum absolute atomic E-state index is 3.84. The molecule has 0 aliphatic carbocycles. The molecule has 0 amide bonds. The molecule has 1 heterocycles. The molecule has 0 radical (unpaired) electrons. The van der Waals surface area contributed by atoms with E-state index in [9.17, 15) is 0 Å². The Balaban J connectivity index is 3.16. The van der Waals surface area contributed by atoms with Crippen molar-refractivity contribution in [1.29, 1.82) is 0 Å². The fraction of sp³-hybridized carbons (Fsp3) is 1.00. The Morgan fingerprint density at radius 3 is 2.00 bits per heavy atom. The monoisotopic (exact) mass is 239 g/mol. The van der Waals surface area contributed by atoms with Crippen molar-refractivity contribution in [3.8, 4) is 0 Å². The number of hydrogen-bond donors (Lipinski definition) is 1. The second-order valence-electron chi connectivity index (χ2n) is 7.06. The molecule has 1 aliphatic heterocycles. The molecule has 0 aromatic rings. The summed E-state index contributed by atoms with van der Waals surface area (Å²) in [6.07, 6.45) is 5.16. The van der Waals surface area contributed by atoms with Crippen LogP contribution >= 0.6 is 0 Å². The molecule has 1 rings (SSSR count). The van der Waals surface area contributed by atoms with E-state index in [-0.39, 0.29) is 0 Å². The molecule has 0 saturated carbocycles. The molecule has 1 N–H and O–H groups in total. The highest BCUT2D eigenvalue weighted by Gasteiger charge is 2.57. The third-order valence-electron chi connectivity index (χ3n) is 6.33. The van der Waals surface area contributed by atoms with Gasteiger partial charge in [-0.1, -0.05) is 54.9 Å². The molecule has 0 spiro atoms. The lowest BCUT2D eigenvalue weighted by atomic mass is 9.46. The summed E-state index contributed by atoms with van der Waals surface area (Å²) >= 11 is 0. The van der Waals surface area contributed by atoms with Crippen LogP contribution in [0.4, 0.5) is 0 Å². The number of rotatable bonds is 4. The quantitative estimate of drug-likeness (QED) is 0.755. The second-order valence-corrected chi connectivity index (χ2v) is 7.06. The molecule has 102 valence electrons. The summed E-state index contributed by atoms with van der Waals surface area (Å²) in [4.78, 5) is 0. The average Bonchev–Trinajstić information content (AvgIpc) is 2.30. The van der Waals surface area contributed by atoms with Gasteiger partial charge in [0.2, 0.25) is 0 Å². The van der Waals surface area contributed by atoms with Crippen LogP contribution in [0.15, 0.2) is 0 Å². The second kappa shape index (κ2) is 4.91. The third-order valence-corrected chi connectivity index (χ3v) is 6.33. The summed E-state index contributed by atoms with van der Waals surface area (Å²) in [5, 5.41) is 3.84. The third kappa shape index (κ3) is 2.05. The van der Waals surface area contributed by atoms with Crippen LogP contribution < -0.4 is 5.32 Å². The van der Waals surface area contributed by atoms with Gasteiger partial charge in [-0.2, -0.15) is 0 Å². The van der Waals surface area contributed by atoms with E-state index in [0.29, 0.717) is 22.3 Å². The topological polar surface area (TPSA) is 12.0 Å². The Kier molecular flexibility index (Phi) is 4.34. The summed E-state index contributed by atoms with van der Waals surface area (Å²) in [6, 6.07) is 0.690. The largest absolute Gasteiger partial charge is 0.313 e. The number of hydrogen-bond acceptors (Lipinski definition) is 1. The van der Waals surface area contributed by atoms with Gasteiger partial charge in [-0.05, 0) is 35.5 Å². The summed E-state index contributed by atoms with van der Waals surface area (Å²) in [5.74, 6) is 0. The van der Waals surface area contributed by atoms with Crippen molar-refractivity contribution in [1.82, 2.24) is 5.32 Å². The summed E-state index contributed by atoms with van der Waals surface area (Å²) in [6.45, 7) is 18.2. The fourth-order valence-corrected chi connectivity index (χ4v) is 4.18. The van der Waals surface area contributed by atoms with E-state index in [0.717, 1.165) is 6.54 Å². The smallest absolute Gasteiger partial charge is 0.0126 e. The van der Waals surface area contributed by atoms with E-state index >= 15 is 0 Å². The van der Waals surface area contributed by atoms with Crippen molar-refractivity contribution in [2.75, 3.05) is 6.54 Å². The van der Waals surface area contributed by atoms with Gasteiger partial charge in [-0.15, -0.1) is 0 Å². The average molecular weight is 239 g/mol. The summed E-state index contributed by atoms with van der Waals surface area (Å²) in [5.41, 5.74) is 1.23. The minimum absolute atomic E-state index is 0.386. The van der Waals surface area contributed by atoms with E-state index in [1.54, 1.807) is 0 Å². The molecule has 0 aromatic carbocycles. The van der Waals surface area contributed by atoms with Crippen LogP contribution in [-0.2, 0) is 0 Å². The molecule has 0 bridgehead atoms. The van der Waals surface area contributed by atoms with E-state index in [2.05, 4.69) is 53.8 Å². The van der Waals surface area contributed by atoms with Gasteiger partial charge in [-0.25, -0.2) is 0 Å². The van der Waals surface area contributed by atoms with Gasteiger partial charge in [0.15, 0.2) is 0 Å². The number of nitrogens with one attached hydrogen (secondary N) is 1. The van der Waals surface area contributed by atoms with Crippen molar-refractivity contribution in [2.45, 2.75) is 80.2 Å². The van der Waals surface area contributed by atoms with Crippen LogP contribution in [0.1, 0.15) is 74.1 Å². The predicted molar refractivity (Wildman–Crippen MR) is 77.3 cm³/mol. The number of piperidine rings is 1. The molecule has 1 saturated heterocycles. The molecule has 1 heteroatoms. The highest BCUT2D eigenvalue weighted by Crippen LogP contribution is 2.59. The highest BCUT2D eigenvalue weighted by atomic mass is 15.0. The maximum Gasteiger partial charge on any atom is 0.0126 e. The van der Waals surface area contributed by atoms with Gasteiger partial charge in [0, 0.05) is 12.6 Å². The molecular weight excluding hydrogens is 206 g/mol. The molecule has 1 aliphatic rings. The molecule has 1 fully saturated rings. The van der Waals surface area contributed by atoms with E-state index in [1.807, 2.05) is 0 Å². The van der Waals surface area contributed by atoms with Gasteiger partial charge in [0.05, 0.1) is 0 Å². The van der Waals surface area contributed by atoms with Gasteiger partial charge in [0.1, 0.15) is 0 Å². The first kappa shape index (κ1) is 15.0. The van der Waals surface area contributed by atoms with E-state index < -0.39 is 0 Å². The molecule has 1 nitrogen and oxygen atoms in total. The molecule has 17 heavy (non-hydrogen) atoms. The van der Waals surface area contributed by atoms with Crippen molar-refractivity contribution >= 4 is 0 Å². The first-order valence-corrected chi connectivity index (χ1v) is 7.52. The van der Waals surface area contributed by atoms with Crippen LogP contribution in [0.5, 0.6) is 0 Å². The van der Waals surface area contributed by atoms with Crippen molar-refractivity contribution in [3.63, 3.8) is 0 Å². The zero-order chi connectivity index (χ0) is 13.3. The summed E-state index contributed by atoms with van der Waals surface area (Å²) in [7, 11) is 0. The summed E-state index contributed by atoms with van der Waals surface area (Å²) < 4.78 is 0. The lowest BCUT2D eigenvalue weighted by Crippen LogP contribution is -2.65. The minimum atomic E-state index is 0.386. The fourth-order valence-electron chi connectivity index (χ4n) is 4.18. The standard InChI is InChI=1S/C16H33N/c1-8-11-13-15(6,9-2)16(7,10-3)14(4,5)12-17-13/h13,17H,8-12H2,1-7H3. The van der Waals surface area contributed by atoms with Crippen LogP contribution in [0.25, 0.3) is 0 Å².